The molecule has 2 aliphatic heterocycles. The molecule has 4 amide bonds. The number of aromatic amines is 1. The van der Waals surface area contributed by atoms with Crippen LogP contribution in [0.2, 0.25) is 10.0 Å². The van der Waals surface area contributed by atoms with Crippen LogP contribution < -0.4 is 16.0 Å². The van der Waals surface area contributed by atoms with Crippen LogP contribution in [0.1, 0.15) is 56.4 Å². The maximum absolute atomic E-state index is 14.0. The van der Waals surface area contributed by atoms with Gasteiger partial charge in [-0.1, -0.05) is 29.6 Å². The average molecular weight is 635 g/mol. The molecule has 232 valence electrons. The number of hydrogen-bond donors (Lipinski definition) is 4. The van der Waals surface area contributed by atoms with Crippen molar-refractivity contribution in [1.29, 1.82) is 0 Å². The first-order valence-electron chi connectivity index (χ1n) is 14.8. The third-order valence-corrected chi connectivity index (χ3v) is 9.21. The number of fused-ring (bicyclic) bond motifs is 2. The molecule has 0 bridgehead atoms. The molecule has 0 radical (unpaired) electrons. The molecule has 2 saturated heterocycles. The highest BCUT2D eigenvalue weighted by Gasteiger charge is 2.50. The number of likely N-dealkylation sites (tertiary alicyclic amines) is 1. The third-order valence-electron chi connectivity index (χ3n) is 8.68. The van der Waals surface area contributed by atoms with E-state index < -0.39 is 35.6 Å². The van der Waals surface area contributed by atoms with Gasteiger partial charge in [0, 0.05) is 41.5 Å². The molecule has 2 aromatic rings. The fourth-order valence-corrected chi connectivity index (χ4v) is 7.18. The summed E-state index contributed by atoms with van der Waals surface area (Å²) >= 11 is 12.5. The number of ketones is 1. The lowest BCUT2D eigenvalue weighted by atomic mass is 9.91. The van der Waals surface area contributed by atoms with E-state index in [9.17, 15) is 24.0 Å². The van der Waals surface area contributed by atoms with E-state index in [1.807, 2.05) is 13.8 Å². The minimum atomic E-state index is -1.22. The van der Waals surface area contributed by atoms with Crippen LogP contribution in [-0.2, 0) is 23.9 Å². The van der Waals surface area contributed by atoms with Crippen LogP contribution >= 0.6 is 23.2 Å². The van der Waals surface area contributed by atoms with Crippen molar-refractivity contribution in [2.45, 2.75) is 64.1 Å². The molecule has 0 spiro atoms. The Kier molecular flexibility index (Phi) is 9.63. The summed E-state index contributed by atoms with van der Waals surface area (Å²) in [5.41, 5.74) is 0.877. The van der Waals surface area contributed by atoms with Crippen LogP contribution in [0.4, 0.5) is 0 Å². The van der Waals surface area contributed by atoms with Crippen molar-refractivity contribution < 1.29 is 28.7 Å². The summed E-state index contributed by atoms with van der Waals surface area (Å²) in [6, 6.07) is 2.87. The topological polar surface area (TPSA) is 150 Å². The monoisotopic (exact) mass is 633 g/mol. The van der Waals surface area contributed by atoms with Gasteiger partial charge in [-0.25, -0.2) is 0 Å². The number of benzene rings is 1. The Bertz CT molecular complexity index is 1430. The molecular weight excluding hydrogens is 597 g/mol. The highest BCUT2D eigenvalue weighted by Crippen LogP contribution is 2.43. The van der Waals surface area contributed by atoms with Crippen molar-refractivity contribution in [3.63, 3.8) is 0 Å². The molecule has 5 rings (SSSR count). The number of nitrogens with one attached hydrogen (secondary N) is 4. The predicted molar refractivity (Wildman–Crippen MR) is 161 cm³/mol. The lowest BCUT2D eigenvalue weighted by Crippen LogP contribution is -2.55. The Balaban J connectivity index is 1.36. The van der Waals surface area contributed by atoms with Gasteiger partial charge >= 0.3 is 0 Å². The van der Waals surface area contributed by atoms with Gasteiger partial charge in [0.1, 0.15) is 11.7 Å². The third kappa shape index (κ3) is 6.84. The summed E-state index contributed by atoms with van der Waals surface area (Å²) in [5, 5.41) is 9.54. The number of halogens is 2. The van der Waals surface area contributed by atoms with Gasteiger partial charge in [0.2, 0.25) is 17.6 Å². The van der Waals surface area contributed by atoms with Crippen molar-refractivity contribution in [2.75, 3.05) is 26.2 Å². The van der Waals surface area contributed by atoms with Gasteiger partial charge in [-0.15, -0.1) is 0 Å². The highest BCUT2D eigenvalue weighted by atomic mass is 35.5. The zero-order chi connectivity index (χ0) is 30.8. The van der Waals surface area contributed by atoms with Gasteiger partial charge < -0.3 is 30.6 Å². The maximum atomic E-state index is 14.0. The number of Topliss-reactive ketones (excluding diaryl/α,β-unsaturated/α-hetero) is 1. The summed E-state index contributed by atoms with van der Waals surface area (Å²) in [7, 11) is 0. The molecule has 3 heterocycles. The van der Waals surface area contributed by atoms with Gasteiger partial charge in [0.05, 0.1) is 23.8 Å². The summed E-state index contributed by atoms with van der Waals surface area (Å²) in [6.45, 7) is 4.94. The summed E-state index contributed by atoms with van der Waals surface area (Å²) in [5.74, 6) is -3.24. The van der Waals surface area contributed by atoms with Gasteiger partial charge in [-0.05, 0) is 69.6 Å². The standard InChI is InChI=1S/C30H37Cl2N5O6/c1-15(2)43-9-8-34-29(41)26(38)23(10-16-6-7-33-27(16)39)36-28(40)25-19-5-3-4-17(19)14-37(25)30(42)24-13-20-21(32)11-18(31)12-22(20)35-24/h11-13,15-17,19,23,25,35H,3-10,14H2,1-2H3,(H,33,39)(H,34,41)(H,36,40). The van der Waals surface area contributed by atoms with E-state index >= 15 is 0 Å². The Morgan fingerprint density at radius 2 is 1.91 bits per heavy atom. The number of hydrogen-bond acceptors (Lipinski definition) is 6. The molecule has 5 unspecified atom stereocenters. The van der Waals surface area contributed by atoms with E-state index in [-0.39, 0.29) is 55.0 Å². The predicted octanol–water partition coefficient (Wildman–Crippen LogP) is 2.84. The molecule has 1 saturated carbocycles. The first-order valence-corrected chi connectivity index (χ1v) is 15.6. The smallest absolute Gasteiger partial charge is 0.289 e. The van der Waals surface area contributed by atoms with Gasteiger partial charge in [-0.2, -0.15) is 0 Å². The molecule has 5 atom stereocenters. The van der Waals surface area contributed by atoms with Crippen LogP contribution in [0, 0.1) is 17.8 Å². The number of carbonyl (C=O) groups excluding carboxylic acids is 5. The van der Waals surface area contributed by atoms with Crippen molar-refractivity contribution in [2.24, 2.45) is 17.8 Å². The van der Waals surface area contributed by atoms with Crippen molar-refractivity contribution in [1.82, 2.24) is 25.8 Å². The number of H-pyrrole nitrogens is 1. The molecule has 1 aromatic heterocycles. The molecule has 1 aromatic carbocycles. The van der Waals surface area contributed by atoms with E-state index in [2.05, 4.69) is 20.9 Å². The summed E-state index contributed by atoms with van der Waals surface area (Å²) < 4.78 is 5.43. The number of aromatic nitrogens is 1. The van der Waals surface area contributed by atoms with Crippen molar-refractivity contribution in [3.8, 4) is 0 Å². The maximum Gasteiger partial charge on any atom is 0.289 e. The van der Waals surface area contributed by atoms with Crippen molar-refractivity contribution in [3.05, 3.63) is 33.9 Å². The van der Waals surface area contributed by atoms with E-state index in [4.69, 9.17) is 27.9 Å². The number of ether oxygens (including phenoxy) is 1. The van der Waals surface area contributed by atoms with Gasteiger partial charge in [0.15, 0.2) is 0 Å². The lowest BCUT2D eigenvalue weighted by molar-refractivity contribution is -0.141. The second kappa shape index (κ2) is 13.2. The lowest BCUT2D eigenvalue weighted by Gasteiger charge is -2.29. The van der Waals surface area contributed by atoms with Crippen molar-refractivity contribution >= 4 is 63.5 Å². The molecule has 13 heteroatoms. The molecule has 4 N–H and O–H groups in total. The quantitative estimate of drug-likeness (QED) is 0.221. The van der Waals surface area contributed by atoms with E-state index in [1.165, 1.54) is 0 Å². The molecule has 3 aliphatic rings. The van der Waals surface area contributed by atoms with Crippen LogP contribution in [0.5, 0.6) is 0 Å². The first kappa shape index (κ1) is 31.3. The summed E-state index contributed by atoms with van der Waals surface area (Å²) in [6.07, 6.45) is 3.04. The Morgan fingerprint density at radius 3 is 2.63 bits per heavy atom. The van der Waals surface area contributed by atoms with Crippen LogP contribution in [-0.4, -0.2) is 83.7 Å². The van der Waals surface area contributed by atoms with E-state index in [0.717, 1.165) is 19.3 Å². The Morgan fingerprint density at radius 1 is 1.12 bits per heavy atom. The zero-order valence-corrected chi connectivity index (χ0v) is 25.7. The molecule has 11 nitrogen and oxygen atoms in total. The first-order chi connectivity index (χ1) is 20.5. The molecule has 3 fully saturated rings. The van der Waals surface area contributed by atoms with Gasteiger partial charge in [-0.3, -0.25) is 24.0 Å². The molecule has 1 aliphatic carbocycles. The zero-order valence-electron chi connectivity index (χ0n) is 24.2. The second-order valence-corrected chi connectivity index (χ2v) is 12.7. The number of rotatable bonds is 11. The minimum absolute atomic E-state index is 0.0115. The Hall–Kier alpha value is -3.15. The largest absolute Gasteiger partial charge is 0.377 e. The Labute approximate surface area is 259 Å². The second-order valence-electron chi connectivity index (χ2n) is 11.9. The van der Waals surface area contributed by atoms with Gasteiger partial charge in [0.25, 0.3) is 11.8 Å². The SMILES string of the molecule is CC(C)OCCNC(=O)C(=O)C(CC1CCNC1=O)NC(=O)C1C2CCCC2CN1C(=O)c1cc2c(Cl)cc(Cl)cc2[nH]1. The van der Waals surface area contributed by atoms with Crippen LogP contribution in [0.25, 0.3) is 10.9 Å². The fourth-order valence-electron chi connectivity index (χ4n) is 6.63. The minimum Gasteiger partial charge on any atom is -0.377 e. The molecular formula is C30H37Cl2N5O6. The van der Waals surface area contributed by atoms with Crippen LogP contribution in [0.15, 0.2) is 18.2 Å². The number of amides is 4. The number of nitrogens with zero attached hydrogens (tertiary/aromatic N) is 1. The van der Waals surface area contributed by atoms with E-state index in [1.54, 1.807) is 23.1 Å². The number of carbonyl (C=O) groups is 5. The average Bonchev–Trinajstić information content (AvgIpc) is 3.74. The highest BCUT2D eigenvalue weighted by molar-refractivity contribution is 6.39. The molecule has 43 heavy (non-hydrogen) atoms. The van der Waals surface area contributed by atoms with E-state index in [0.29, 0.717) is 40.5 Å². The fraction of sp³-hybridized carbons (Fsp3) is 0.567. The summed E-state index contributed by atoms with van der Waals surface area (Å²) in [4.78, 5) is 71.0. The van der Waals surface area contributed by atoms with Crippen LogP contribution in [0.3, 0.4) is 0 Å². The normalized spacial score (nSPS) is 23.8.